The molecule has 1 aromatic carbocycles. The van der Waals surface area contributed by atoms with Gasteiger partial charge in [-0.3, -0.25) is 4.79 Å². The standard InChI is InChI=1S/C14H17ClN2O/c1-10-6-2-5-9-13(10)16-17-14(18)11-7-3-4-8-12(11)15/h3-4,7-8,10H,2,5-6,9H2,1H3,(H,17,18)/b16-13-/t10-/m0/s1. The number of halogens is 1. The first-order chi connectivity index (χ1) is 8.68. The average molecular weight is 265 g/mol. The number of carbonyl (C=O) groups excluding carboxylic acids is 1. The molecule has 0 spiro atoms. The molecule has 1 N–H and O–H groups in total. The number of benzene rings is 1. The van der Waals surface area contributed by atoms with Gasteiger partial charge in [0, 0.05) is 5.71 Å². The fraction of sp³-hybridized carbons (Fsp3) is 0.429. The van der Waals surface area contributed by atoms with E-state index in [1.807, 2.05) is 0 Å². The molecule has 0 saturated heterocycles. The van der Waals surface area contributed by atoms with E-state index in [2.05, 4.69) is 17.5 Å². The third-order valence-corrected chi connectivity index (χ3v) is 3.64. The van der Waals surface area contributed by atoms with Gasteiger partial charge in [-0.15, -0.1) is 0 Å². The van der Waals surface area contributed by atoms with Gasteiger partial charge in [-0.1, -0.05) is 37.1 Å². The topological polar surface area (TPSA) is 41.5 Å². The highest BCUT2D eigenvalue weighted by molar-refractivity contribution is 6.33. The summed E-state index contributed by atoms with van der Waals surface area (Å²) < 4.78 is 0. The Hall–Kier alpha value is -1.35. The van der Waals surface area contributed by atoms with Crippen LogP contribution in [0.1, 0.15) is 43.0 Å². The summed E-state index contributed by atoms with van der Waals surface area (Å²) in [6.07, 6.45) is 4.54. The first-order valence-electron chi connectivity index (χ1n) is 6.30. The first-order valence-corrected chi connectivity index (χ1v) is 6.67. The molecule has 1 aliphatic carbocycles. The molecule has 3 nitrogen and oxygen atoms in total. The smallest absolute Gasteiger partial charge is 0.267 e. The van der Waals surface area contributed by atoms with Crippen molar-refractivity contribution >= 4 is 23.2 Å². The number of rotatable bonds is 2. The Labute approximate surface area is 112 Å². The highest BCUT2D eigenvalue weighted by atomic mass is 35.5. The van der Waals surface area contributed by atoms with Crippen LogP contribution in [0.2, 0.25) is 5.02 Å². The van der Waals surface area contributed by atoms with E-state index in [0.29, 0.717) is 16.5 Å². The number of carbonyl (C=O) groups is 1. The van der Waals surface area contributed by atoms with Crippen molar-refractivity contribution in [3.8, 4) is 0 Å². The molecule has 18 heavy (non-hydrogen) atoms. The normalized spacial score (nSPS) is 21.9. The van der Waals surface area contributed by atoms with E-state index in [0.717, 1.165) is 25.0 Å². The molecule has 4 heteroatoms. The predicted molar refractivity (Wildman–Crippen MR) is 74.0 cm³/mol. The van der Waals surface area contributed by atoms with Gasteiger partial charge < -0.3 is 0 Å². The van der Waals surface area contributed by atoms with Crippen molar-refractivity contribution in [2.24, 2.45) is 11.0 Å². The maximum atomic E-state index is 11.9. The molecule has 1 fully saturated rings. The quantitative estimate of drug-likeness (QED) is 0.814. The highest BCUT2D eigenvalue weighted by Crippen LogP contribution is 2.21. The summed E-state index contributed by atoms with van der Waals surface area (Å²) in [7, 11) is 0. The molecule has 1 saturated carbocycles. The zero-order valence-electron chi connectivity index (χ0n) is 10.4. The van der Waals surface area contributed by atoms with Gasteiger partial charge in [0.2, 0.25) is 0 Å². The molecule has 0 radical (unpaired) electrons. The van der Waals surface area contributed by atoms with Crippen LogP contribution in [0.3, 0.4) is 0 Å². The maximum absolute atomic E-state index is 11.9. The maximum Gasteiger partial charge on any atom is 0.272 e. The van der Waals surface area contributed by atoms with Crippen LogP contribution in [0.15, 0.2) is 29.4 Å². The van der Waals surface area contributed by atoms with Gasteiger partial charge in [-0.25, -0.2) is 5.43 Å². The molecule has 0 bridgehead atoms. The van der Waals surface area contributed by atoms with Gasteiger partial charge in [0.1, 0.15) is 0 Å². The second kappa shape index (κ2) is 6.01. The van der Waals surface area contributed by atoms with E-state index in [4.69, 9.17) is 11.6 Å². The van der Waals surface area contributed by atoms with Crippen LogP contribution in [0.4, 0.5) is 0 Å². The third-order valence-electron chi connectivity index (χ3n) is 3.31. The monoisotopic (exact) mass is 264 g/mol. The van der Waals surface area contributed by atoms with Gasteiger partial charge in [-0.05, 0) is 37.3 Å². The second-order valence-corrected chi connectivity index (χ2v) is 5.08. The van der Waals surface area contributed by atoms with Crippen molar-refractivity contribution < 1.29 is 4.79 Å². The number of hydrogen-bond donors (Lipinski definition) is 1. The molecule has 0 heterocycles. The minimum absolute atomic E-state index is 0.245. The number of hydrazone groups is 1. The molecule has 1 atom stereocenters. The van der Waals surface area contributed by atoms with E-state index >= 15 is 0 Å². The van der Waals surface area contributed by atoms with Gasteiger partial charge in [-0.2, -0.15) is 5.10 Å². The van der Waals surface area contributed by atoms with Gasteiger partial charge in [0.05, 0.1) is 10.6 Å². The van der Waals surface area contributed by atoms with Crippen molar-refractivity contribution in [2.75, 3.05) is 0 Å². The largest absolute Gasteiger partial charge is 0.272 e. The van der Waals surface area contributed by atoms with E-state index in [9.17, 15) is 4.79 Å². The number of amides is 1. The first kappa shape index (κ1) is 13.1. The molecule has 0 aromatic heterocycles. The molecule has 0 unspecified atom stereocenters. The fourth-order valence-corrected chi connectivity index (χ4v) is 2.39. The van der Waals surface area contributed by atoms with E-state index in [1.54, 1.807) is 24.3 Å². The number of nitrogens with zero attached hydrogens (tertiary/aromatic N) is 1. The molecule has 1 amide bonds. The van der Waals surface area contributed by atoms with E-state index < -0.39 is 0 Å². The Bertz CT molecular complexity index is 471. The minimum Gasteiger partial charge on any atom is -0.267 e. The summed E-state index contributed by atoms with van der Waals surface area (Å²) in [6, 6.07) is 6.99. The lowest BCUT2D eigenvalue weighted by Gasteiger charge is -2.19. The van der Waals surface area contributed by atoms with Gasteiger partial charge in [0.15, 0.2) is 0 Å². The third kappa shape index (κ3) is 3.10. The molecule has 0 aliphatic heterocycles. The number of nitrogens with one attached hydrogen (secondary N) is 1. The second-order valence-electron chi connectivity index (χ2n) is 4.67. The Balaban J connectivity index is 2.04. The Kier molecular flexibility index (Phi) is 4.37. The average Bonchev–Trinajstić information content (AvgIpc) is 2.38. The summed E-state index contributed by atoms with van der Waals surface area (Å²) in [4.78, 5) is 11.9. The van der Waals surface area contributed by atoms with Crippen LogP contribution in [-0.2, 0) is 0 Å². The Morgan fingerprint density at radius 3 is 2.89 bits per heavy atom. The Morgan fingerprint density at radius 2 is 2.17 bits per heavy atom. The summed E-state index contributed by atoms with van der Waals surface area (Å²) in [5.41, 5.74) is 4.15. The molecular weight excluding hydrogens is 248 g/mol. The number of hydrogen-bond acceptors (Lipinski definition) is 2. The summed E-state index contributed by atoms with van der Waals surface area (Å²) >= 11 is 5.96. The summed E-state index contributed by atoms with van der Waals surface area (Å²) in [6.45, 7) is 2.15. The van der Waals surface area contributed by atoms with Gasteiger partial charge >= 0.3 is 0 Å². The SMILES string of the molecule is C[C@H]1CCCC/C1=N/NC(=O)c1ccccc1Cl. The van der Waals surface area contributed by atoms with Gasteiger partial charge in [0.25, 0.3) is 5.91 Å². The minimum atomic E-state index is -0.245. The molecule has 96 valence electrons. The lowest BCUT2D eigenvalue weighted by molar-refractivity contribution is 0.0954. The van der Waals surface area contributed by atoms with Crippen molar-refractivity contribution in [2.45, 2.75) is 32.6 Å². The van der Waals surface area contributed by atoms with Crippen LogP contribution < -0.4 is 5.43 Å². The van der Waals surface area contributed by atoms with Crippen LogP contribution in [0.5, 0.6) is 0 Å². The Morgan fingerprint density at radius 1 is 1.39 bits per heavy atom. The summed E-state index contributed by atoms with van der Waals surface area (Å²) in [5, 5.41) is 4.69. The molecular formula is C14H17ClN2O. The van der Waals surface area contributed by atoms with Crippen molar-refractivity contribution in [3.63, 3.8) is 0 Å². The van der Waals surface area contributed by atoms with Crippen LogP contribution in [-0.4, -0.2) is 11.6 Å². The summed E-state index contributed by atoms with van der Waals surface area (Å²) in [5.74, 6) is 0.219. The molecule has 1 aliphatic rings. The lowest BCUT2D eigenvalue weighted by Crippen LogP contribution is -2.24. The van der Waals surface area contributed by atoms with Crippen LogP contribution in [0, 0.1) is 5.92 Å². The van der Waals surface area contributed by atoms with Crippen molar-refractivity contribution in [1.82, 2.24) is 5.43 Å². The van der Waals surface area contributed by atoms with Crippen molar-refractivity contribution in [3.05, 3.63) is 34.9 Å². The van der Waals surface area contributed by atoms with E-state index in [-0.39, 0.29) is 5.91 Å². The molecule has 2 rings (SSSR count). The fourth-order valence-electron chi connectivity index (χ4n) is 2.16. The highest BCUT2D eigenvalue weighted by Gasteiger charge is 2.16. The predicted octanol–water partition coefficient (Wildman–Crippen LogP) is 3.64. The zero-order valence-corrected chi connectivity index (χ0v) is 11.2. The van der Waals surface area contributed by atoms with Crippen molar-refractivity contribution in [1.29, 1.82) is 0 Å². The zero-order chi connectivity index (χ0) is 13.0. The molecule has 1 aromatic rings. The van der Waals surface area contributed by atoms with Crippen LogP contribution >= 0.6 is 11.6 Å². The lowest BCUT2D eigenvalue weighted by atomic mass is 9.89. The van der Waals surface area contributed by atoms with Crippen LogP contribution in [0.25, 0.3) is 0 Å². The van der Waals surface area contributed by atoms with E-state index in [1.165, 1.54) is 6.42 Å².